The lowest BCUT2D eigenvalue weighted by Crippen LogP contribution is -2.51. The highest BCUT2D eigenvalue weighted by Gasteiger charge is 2.49. The molecule has 2 aromatic rings. The van der Waals surface area contributed by atoms with Crippen LogP contribution < -0.4 is 15.5 Å². The topological polar surface area (TPSA) is 79.4 Å². The van der Waals surface area contributed by atoms with Crippen molar-refractivity contribution in [2.75, 3.05) is 29.9 Å². The minimum Gasteiger partial charge on any atom is -0.431 e. The molecule has 0 radical (unpaired) electrons. The molecule has 0 unspecified atom stereocenters. The maximum absolute atomic E-state index is 13.7. The lowest BCUT2D eigenvalue weighted by molar-refractivity contribution is -0.206. The Morgan fingerprint density at radius 1 is 1.21 bits per heavy atom. The number of pyridine rings is 2. The van der Waals surface area contributed by atoms with Gasteiger partial charge in [0.1, 0.15) is 11.6 Å². The summed E-state index contributed by atoms with van der Waals surface area (Å²) in [6, 6.07) is 2.57. The van der Waals surface area contributed by atoms with Crippen molar-refractivity contribution < 1.29 is 35.9 Å². The number of rotatable bonds is 3. The van der Waals surface area contributed by atoms with Crippen LogP contribution in [0.4, 0.5) is 42.8 Å². The zero-order valence-corrected chi connectivity index (χ0v) is 17.2. The Balaban J connectivity index is 1.91. The smallest absolute Gasteiger partial charge is 0.430 e. The molecule has 0 bridgehead atoms. The number of fused-ring (bicyclic) bond motifs is 1. The van der Waals surface area contributed by atoms with Crippen molar-refractivity contribution in [3.8, 4) is 11.3 Å². The first-order valence-electron chi connectivity index (χ1n) is 10.1. The van der Waals surface area contributed by atoms with E-state index in [0.717, 1.165) is 18.3 Å². The van der Waals surface area contributed by atoms with Gasteiger partial charge in [0, 0.05) is 37.4 Å². The van der Waals surface area contributed by atoms with Gasteiger partial charge in [-0.2, -0.15) is 26.3 Å². The summed E-state index contributed by atoms with van der Waals surface area (Å²) in [6.45, 7) is 3.31. The van der Waals surface area contributed by atoms with Gasteiger partial charge in [-0.3, -0.25) is 5.32 Å². The number of nitrogens with zero attached hydrogens (tertiary/aromatic N) is 3. The van der Waals surface area contributed by atoms with Crippen molar-refractivity contribution in [2.45, 2.75) is 37.8 Å². The molecular weight excluding hydrogens is 456 g/mol. The van der Waals surface area contributed by atoms with Gasteiger partial charge in [-0.1, -0.05) is 6.92 Å². The fourth-order valence-corrected chi connectivity index (χ4v) is 3.98. The molecule has 2 N–H and O–H groups in total. The molecule has 1 amide bonds. The molecule has 0 aromatic carbocycles. The van der Waals surface area contributed by atoms with Crippen LogP contribution in [0.3, 0.4) is 0 Å². The molecule has 178 valence electrons. The number of cyclic esters (lactones) is 1. The third-order valence-corrected chi connectivity index (χ3v) is 5.53. The molecule has 7 nitrogen and oxygen atoms in total. The van der Waals surface area contributed by atoms with Crippen LogP contribution in [0.5, 0.6) is 0 Å². The van der Waals surface area contributed by atoms with Crippen molar-refractivity contribution >= 4 is 17.7 Å². The quantitative estimate of drug-likeness (QED) is 0.636. The van der Waals surface area contributed by atoms with Crippen molar-refractivity contribution in [1.29, 1.82) is 0 Å². The average molecular weight is 475 g/mol. The van der Waals surface area contributed by atoms with E-state index in [1.165, 1.54) is 0 Å². The monoisotopic (exact) mass is 475 g/mol. The molecule has 0 saturated carbocycles. The molecule has 2 atom stereocenters. The highest BCUT2D eigenvalue weighted by molar-refractivity contribution is 5.89. The van der Waals surface area contributed by atoms with Gasteiger partial charge in [-0.25, -0.2) is 14.8 Å². The summed E-state index contributed by atoms with van der Waals surface area (Å²) in [5.41, 5.74) is -2.25. The van der Waals surface area contributed by atoms with Gasteiger partial charge in [0.25, 0.3) is 0 Å². The predicted molar refractivity (Wildman–Crippen MR) is 106 cm³/mol. The number of hydrogen-bond acceptors (Lipinski definition) is 6. The molecule has 2 aliphatic rings. The van der Waals surface area contributed by atoms with Crippen LogP contribution in [-0.2, 0) is 10.9 Å². The number of hydrogen-bond donors (Lipinski definition) is 2. The van der Waals surface area contributed by atoms with Gasteiger partial charge in [0.05, 0.1) is 16.8 Å². The first kappa shape index (κ1) is 23.1. The van der Waals surface area contributed by atoms with E-state index in [9.17, 15) is 31.1 Å². The summed E-state index contributed by atoms with van der Waals surface area (Å²) >= 11 is 0. The summed E-state index contributed by atoms with van der Waals surface area (Å²) in [7, 11) is 0. The predicted octanol–water partition coefficient (Wildman–Crippen LogP) is 4.52. The molecule has 0 aliphatic carbocycles. The minimum absolute atomic E-state index is 0.00283. The Kier molecular flexibility index (Phi) is 5.85. The van der Waals surface area contributed by atoms with E-state index in [4.69, 9.17) is 0 Å². The molecule has 4 rings (SSSR count). The van der Waals surface area contributed by atoms with Gasteiger partial charge in [-0.05, 0) is 24.6 Å². The van der Waals surface area contributed by atoms with Gasteiger partial charge in [0.15, 0.2) is 0 Å². The highest BCUT2D eigenvalue weighted by atomic mass is 19.4. The second kappa shape index (κ2) is 8.36. The maximum atomic E-state index is 13.7. The number of ether oxygens (including phenoxy) is 1. The minimum atomic E-state index is -5.01. The number of halogens is 6. The van der Waals surface area contributed by atoms with Crippen LogP contribution in [-0.4, -0.2) is 47.9 Å². The molecule has 2 aromatic heterocycles. The van der Waals surface area contributed by atoms with E-state index in [0.29, 0.717) is 32.1 Å². The van der Waals surface area contributed by atoms with E-state index < -0.39 is 41.5 Å². The SMILES string of the molecule is CC[C@@H]1CNCCN1c1cc(C(F)(F)F)cc(-c2ccnc3c2[C@H](C(F)(F)F)OC(=O)N3)n1. The third-order valence-electron chi connectivity index (χ3n) is 5.53. The van der Waals surface area contributed by atoms with E-state index >= 15 is 0 Å². The third kappa shape index (κ3) is 4.54. The van der Waals surface area contributed by atoms with Crippen LogP contribution in [0.2, 0.25) is 0 Å². The summed E-state index contributed by atoms with van der Waals surface area (Å²) in [4.78, 5) is 21.4. The second-order valence-corrected chi connectivity index (χ2v) is 7.63. The lowest BCUT2D eigenvalue weighted by Gasteiger charge is -2.37. The number of carbonyl (C=O) groups excluding carboxylic acids is 1. The number of alkyl halides is 6. The van der Waals surface area contributed by atoms with E-state index in [-0.39, 0.29) is 23.1 Å². The molecule has 2 aliphatic heterocycles. The van der Waals surface area contributed by atoms with E-state index in [2.05, 4.69) is 25.3 Å². The van der Waals surface area contributed by atoms with E-state index in [1.807, 2.05) is 6.92 Å². The van der Waals surface area contributed by atoms with Crippen LogP contribution >= 0.6 is 0 Å². The van der Waals surface area contributed by atoms with Gasteiger partial charge in [0.2, 0.25) is 6.10 Å². The van der Waals surface area contributed by atoms with Crippen LogP contribution in [0.1, 0.15) is 30.6 Å². The number of nitrogens with one attached hydrogen (secondary N) is 2. The average Bonchev–Trinajstić information content (AvgIpc) is 2.76. The Morgan fingerprint density at radius 2 is 1.97 bits per heavy atom. The molecule has 0 spiro atoms. The molecule has 1 saturated heterocycles. The van der Waals surface area contributed by atoms with Crippen LogP contribution in [0.15, 0.2) is 24.4 Å². The Morgan fingerprint density at radius 3 is 2.64 bits per heavy atom. The van der Waals surface area contributed by atoms with Gasteiger partial charge >= 0.3 is 18.4 Å². The Hall–Kier alpha value is -3.09. The largest absolute Gasteiger partial charge is 0.431 e. The second-order valence-electron chi connectivity index (χ2n) is 7.63. The lowest BCUT2D eigenvalue weighted by atomic mass is 9.98. The molecule has 4 heterocycles. The summed E-state index contributed by atoms with van der Waals surface area (Å²) < 4.78 is 86.7. The summed E-state index contributed by atoms with van der Waals surface area (Å²) in [5, 5.41) is 5.23. The first-order chi connectivity index (χ1) is 15.5. The fraction of sp³-hybridized carbons (Fsp3) is 0.450. The van der Waals surface area contributed by atoms with Crippen molar-refractivity contribution in [2.24, 2.45) is 0 Å². The van der Waals surface area contributed by atoms with Crippen molar-refractivity contribution in [3.63, 3.8) is 0 Å². The van der Waals surface area contributed by atoms with Crippen molar-refractivity contribution in [1.82, 2.24) is 15.3 Å². The summed E-state index contributed by atoms with van der Waals surface area (Å²) in [5.74, 6) is -0.441. The molecular formula is C20H19F6N5O2. The standard InChI is InChI=1S/C20H19F6N5O2/c1-2-11-9-27-5-6-31(11)14-8-10(19(21,22)23)7-13(29-14)12-3-4-28-17-15(12)16(20(24,25)26)33-18(32)30-17/h3-4,7-8,11,16,27H,2,5-6,9H2,1H3,(H,28,30,32)/t11-,16-/m1/s1. The Bertz CT molecular complexity index is 1060. The number of piperazine rings is 1. The fourth-order valence-electron chi connectivity index (χ4n) is 3.98. The zero-order valence-electron chi connectivity index (χ0n) is 17.2. The van der Waals surface area contributed by atoms with Crippen LogP contribution in [0.25, 0.3) is 11.3 Å². The van der Waals surface area contributed by atoms with Gasteiger partial charge < -0.3 is 15.0 Å². The highest BCUT2D eigenvalue weighted by Crippen LogP contribution is 2.46. The maximum Gasteiger partial charge on any atom is 0.430 e. The van der Waals surface area contributed by atoms with Gasteiger partial charge in [-0.15, -0.1) is 0 Å². The number of amides is 1. The van der Waals surface area contributed by atoms with Crippen molar-refractivity contribution in [3.05, 3.63) is 35.5 Å². The number of anilines is 2. The normalized spacial score (nSPS) is 21.3. The van der Waals surface area contributed by atoms with E-state index in [1.54, 1.807) is 4.90 Å². The van der Waals surface area contributed by atoms with Crippen LogP contribution in [0, 0.1) is 0 Å². The number of aromatic nitrogens is 2. The Labute approximate surface area is 184 Å². The summed E-state index contributed by atoms with van der Waals surface area (Å²) in [6.07, 6.45) is -12.1. The number of carbonyl (C=O) groups is 1. The molecule has 13 heteroatoms. The zero-order chi connectivity index (χ0) is 24.0. The first-order valence-corrected chi connectivity index (χ1v) is 10.1. The molecule has 33 heavy (non-hydrogen) atoms. The molecule has 1 fully saturated rings.